The summed E-state index contributed by atoms with van der Waals surface area (Å²) in [5, 5.41) is 11.7. The highest BCUT2D eigenvalue weighted by Gasteiger charge is 2.15. The van der Waals surface area contributed by atoms with Crippen LogP contribution in [0.3, 0.4) is 0 Å². The van der Waals surface area contributed by atoms with Crippen LogP contribution < -0.4 is 5.73 Å². The van der Waals surface area contributed by atoms with Gasteiger partial charge < -0.3 is 5.73 Å². The van der Waals surface area contributed by atoms with Crippen LogP contribution in [-0.4, -0.2) is 35.9 Å². The molecule has 0 aliphatic carbocycles. The van der Waals surface area contributed by atoms with E-state index in [1.165, 1.54) is 0 Å². The second-order valence-corrected chi connectivity index (χ2v) is 6.37. The van der Waals surface area contributed by atoms with E-state index in [1.54, 1.807) is 10.9 Å². The first-order valence-electron chi connectivity index (χ1n) is 5.94. The summed E-state index contributed by atoms with van der Waals surface area (Å²) in [5.41, 5.74) is 8.41. The van der Waals surface area contributed by atoms with Crippen molar-refractivity contribution in [3.63, 3.8) is 0 Å². The van der Waals surface area contributed by atoms with Gasteiger partial charge in [-0.05, 0) is 48.0 Å². The molecule has 0 radical (unpaired) electrons. The Morgan fingerprint density at radius 1 is 1.47 bits per heavy atom. The third-order valence-corrected chi connectivity index (χ3v) is 4.30. The third-order valence-electron chi connectivity index (χ3n) is 3.02. The average Bonchev–Trinajstić information content (AvgIpc) is 2.77. The van der Waals surface area contributed by atoms with E-state index < -0.39 is 10.8 Å². The predicted molar refractivity (Wildman–Crippen MR) is 75.9 cm³/mol. The van der Waals surface area contributed by atoms with Crippen LogP contribution in [0.5, 0.6) is 0 Å². The standard InChI is InChI=1S/C12H17N5OS/c1-8-6-10(13)4-5-11(8)12-14-15-16-17(12)7-9(2)19(3)18/h4-6,9H,7,13H2,1-3H3. The van der Waals surface area contributed by atoms with E-state index in [2.05, 4.69) is 15.5 Å². The molecule has 0 aliphatic rings. The molecule has 2 rings (SSSR count). The number of benzene rings is 1. The minimum Gasteiger partial charge on any atom is -0.399 e. The molecule has 0 bridgehead atoms. The average molecular weight is 279 g/mol. The fourth-order valence-electron chi connectivity index (χ4n) is 1.81. The lowest BCUT2D eigenvalue weighted by molar-refractivity contribution is 0.579. The number of nitrogen functional groups attached to an aromatic ring is 1. The first-order valence-corrected chi connectivity index (χ1v) is 7.56. The van der Waals surface area contributed by atoms with Gasteiger partial charge in [0.1, 0.15) is 0 Å². The number of hydrogen-bond acceptors (Lipinski definition) is 5. The molecule has 2 N–H and O–H groups in total. The number of nitrogens with zero attached hydrogens (tertiary/aromatic N) is 4. The van der Waals surface area contributed by atoms with Crippen LogP contribution >= 0.6 is 0 Å². The maximum atomic E-state index is 11.4. The summed E-state index contributed by atoms with van der Waals surface area (Å²) < 4.78 is 13.1. The number of hydrogen-bond donors (Lipinski definition) is 1. The molecule has 0 saturated heterocycles. The van der Waals surface area contributed by atoms with E-state index in [-0.39, 0.29) is 5.25 Å². The highest BCUT2D eigenvalue weighted by molar-refractivity contribution is 7.84. The molecule has 1 heterocycles. The summed E-state index contributed by atoms with van der Waals surface area (Å²) in [4.78, 5) is 0. The number of nitrogens with two attached hydrogens (primary N) is 1. The lowest BCUT2D eigenvalue weighted by atomic mass is 10.1. The third kappa shape index (κ3) is 2.98. The van der Waals surface area contributed by atoms with Crippen molar-refractivity contribution in [3.8, 4) is 11.4 Å². The Kier molecular flexibility index (Phi) is 3.94. The van der Waals surface area contributed by atoms with E-state index in [0.29, 0.717) is 18.1 Å². The molecule has 0 amide bonds. The van der Waals surface area contributed by atoms with Gasteiger partial charge in [0.2, 0.25) is 0 Å². The summed E-state index contributed by atoms with van der Waals surface area (Å²) in [6, 6.07) is 5.61. The molecular weight excluding hydrogens is 262 g/mol. The van der Waals surface area contributed by atoms with Gasteiger partial charge in [-0.15, -0.1) is 5.10 Å². The zero-order chi connectivity index (χ0) is 14.0. The SMILES string of the molecule is Cc1cc(N)ccc1-c1nnnn1CC(C)S(C)=O. The first kappa shape index (κ1) is 13.7. The second kappa shape index (κ2) is 5.48. The highest BCUT2D eigenvalue weighted by Crippen LogP contribution is 2.22. The van der Waals surface area contributed by atoms with Crippen molar-refractivity contribution in [2.75, 3.05) is 12.0 Å². The fourth-order valence-corrected chi connectivity index (χ4v) is 2.16. The van der Waals surface area contributed by atoms with Gasteiger partial charge in [0.15, 0.2) is 5.82 Å². The Bertz CT molecular complexity index is 610. The Morgan fingerprint density at radius 3 is 2.84 bits per heavy atom. The molecule has 0 aliphatic heterocycles. The molecule has 0 fully saturated rings. The van der Waals surface area contributed by atoms with Crippen molar-refractivity contribution in [1.29, 1.82) is 0 Å². The van der Waals surface area contributed by atoms with Crippen LogP contribution in [0.1, 0.15) is 12.5 Å². The van der Waals surface area contributed by atoms with Crippen molar-refractivity contribution in [2.24, 2.45) is 0 Å². The number of aryl methyl sites for hydroxylation is 1. The Labute approximate surface area is 114 Å². The maximum absolute atomic E-state index is 11.4. The molecular formula is C12H17N5OS. The minimum atomic E-state index is -0.905. The molecule has 19 heavy (non-hydrogen) atoms. The Morgan fingerprint density at radius 2 is 2.21 bits per heavy atom. The zero-order valence-electron chi connectivity index (χ0n) is 11.2. The van der Waals surface area contributed by atoms with Gasteiger partial charge in [0, 0.05) is 28.3 Å². The molecule has 6 nitrogen and oxygen atoms in total. The van der Waals surface area contributed by atoms with E-state index >= 15 is 0 Å². The smallest absolute Gasteiger partial charge is 0.182 e. The van der Waals surface area contributed by atoms with Crippen molar-refractivity contribution in [3.05, 3.63) is 23.8 Å². The van der Waals surface area contributed by atoms with Gasteiger partial charge in [0.05, 0.1) is 11.8 Å². The monoisotopic (exact) mass is 279 g/mol. The van der Waals surface area contributed by atoms with Crippen LogP contribution in [-0.2, 0) is 17.3 Å². The molecule has 1 aromatic heterocycles. The highest BCUT2D eigenvalue weighted by atomic mass is 32.2. The van der Waals surface area contributed by atoms with Gasteiger partial charge in [-0.3, -0.25) is 4.21 Å². The van der Waals surface area contributed by atoms with Gasteiger partial charge in [-0.2, -0.15) is 0 Å². The van der Waals surface area contributed by atoms with E-state index in [0.717, 1.165) is 11.1 Å². The number of tetrazole rings is 1. The van der Waals surface area contributed by atoms with Gasteiger partial charge in [-0.1, -0.05) is 0 Å². The van der Waals surface area contributed by atoms with Crippen LogP contribution in [0, 0.1) is 6.92 Å². The van der Waals surface area contributed by atoms with Gasteiger partial charge in [-0.25, -0.2) is 4.68 Å². The van der Waals surface area contributed by atoms with Crippen LogP contribution in [0.25, 0.3) is 11.4 Å². The lowest BCUT2D eigenvalue weighted by Gasteiger charge is -2.11. The van der Waals surface area contributed by atoms with Crippen LogP contribution in [0.4, 0.5) is 5.69 Å². The summed E-state index contributed by atoms with van der Waals surface area (Å²) in [6.07, 6.45) is 1.68. The van der Waals surface area contributed by atoms with Crippen molar-refractivity contribution >= 4 is 16.5 Å². The van der Waals surface area contributed by atoms with Gasteiger partial charge in [0.25, 0.3) is 0 Å². The van der Waals surface area contributed by atoms with E-state index in [1.807, 2.05) is 32.0 Å². The molecule has 102 valence electrons. The minimum absolute atomic E-state index is 0.00339. The van der Waals surface area contributed by atoms with Crippen molar-refractivity contribution in [1.82, 2.24) is 20.2 Å². The van der Waals surface area contributed by atoms with E-state index in [4.69, 9.17) is 5.73 Å². The van der Waals surface area contributed by atoms with Gasteiger partial charge >= 0.3 is 0 Å². The molecule has 7 heteroatoms. The largest absolute Gasteiger partial charge is 0.399 e. The molecule has 0 spiro atoms. The summed E-state index contributed by atoms with van der Waals surface area (Å²) >= 11 is 0. The Hall–Kier alpha value is -1.76. The maximum Gasteiger partial charge on any atom is 0.182 e. The number of rotatable bonds is 4. The van der Waals surface area contributed by atoms with Crippen LogP contribution in [0.15, 0.2) is 18.2 Å². The molecule has 2 atom stereocenters. The second-order valence-electron chi connectivity index (χ2n) is 4.57. The first-order chi connectivity index (χ1) is 8.99. The van der Waals surface area contributed by atoms with Crippen molar-refractivity contribution < 1.29 is 4.21 Å². The lowest BCUT2D eigenvalue weighted by Crippen LogP contribution is -2.19. The van der Waals surface area contributed by atoms with Crippen LogP contribution in [0.2, 0.25) is 0 Å². The Balaban J connectivity index is 2.36. The fraction of sp³-hybridized carbons (Fsp3) is 0.417. The normalized spacial score (nSPS) is 14.3. The zero-order valence-corrected chi connectivity index (χ0v) is 12.0. The topological polar surface area (TPSA) is 86.7 Å². The van der Waals surface area contributed by atoms with Crippen molar-refractivity contribution in [2.45, 2.75) is 25.6 Å². The quantitative estimate of drug-likeness (QED) is 0.844. The summed E-state index contributed by atoms with van der Waals surface area (Å²) in [5.74, 6) is 0.676. The summed E-state index contributed by atoms with van der Waals surface area (Å²) in [6.45, 7) is 4.40. The molecule has 0 saturated carbocycles. The van der Waals surface area contributed by atoms with E-state index in [9.17, 15) is 4.21 Å². The molecule has 1 aromatic carbocycles. The number of anilines is 1. The molecule has 2 unspecified atom stereocenters. The number of aromatic nitrogens is 4. The predicted octanol–water partition coefficient (Wildman–Crippen LogP) is 0.998. The summed E-state index contributed by atoms with van der Waals surface area (Å²) in [7, 11) is -0.905. The molecule has 2 aromatic rings.